The summed E-state index contributed by atoms with van der Waals surface area (Å²) in [6, 6.07) is 11.2. The van der Waals surface area contributed by atoms with Crippen molar-refractivity contribution in [1.82, 2.24) is 0 Å². The monoisotopic (exact) mass is 674 g/mol. The Labute approximate surface area is 237 Å². The number of carbonyl (C=O) groups is 3. The Bertz CT molecular complexity index is 1430. The van der Waals surface area contributed by atoms with Crippen LogP contribution < -0.4 is 9.47 Å². The molecule has 0 saturated heterocycles. The first kappa shape index (κ1) is 28.6. The molecule has 0 aliphatic heterocycles. The number of esters is 1. The molecule has 0 saturated carbocycles. The van der Waals surface area contributed by atoms with Crippen molar-refractivity contribution >= 4 is 103 Å². The average molecular weight is 677 g/mol. The Hall–Kier alpha value is -1.98. The van der Waals surface area contributed by atoms with Crippen LogP contribution in [-0.4, -0.2) is 37.8 Å². The van der Waals surface area contributed by atoms with E-state index in [4.69, 9.17) is 25.8 Å². The van der Waals surface area contributed by atoms with Gasteiger partial charge in [0.1, 0.15) is 11.5 Å². The van der Waals surface area contributed by atoms with Crippen molar-refractivity contribution in [3.05, 3.63) is 55.1 Å². The van der Waals surface area contributed by atoms with Crippen LogP contribution in [0.1, 0.15) is 39.1 Å². The summed E-state index contributed by atoms with van der Waals surface area (Å²) in [5.74, 6) is 1.10. The molecule has 4 aromatic rings. The van der Waals surface area contributed by atoms with E-state index in [-0.39, 0.29) is 24.6 Å². The first-order chi connectivity index (χ1) is 17.2. The van der Waals surface area contributed by atoms with Gasteiger partial charge < -0.3 is 14.2 Å². The molecule has 0 fully saturated rings. The van der Waals surface area contributed by atoms with E-state index in [1.54, 1.807) is 27.2 Å². The summed E-state index contributed by atoms with van der Waals surface area (Å²) in [5, 5.41) is 1.54. The van der Waals surface area contributed by atoms with Gasteiger partial charge in [-0.05, 0) is 97.6 Å². The SMILES string of the molecule is CCOC(=O)CCC(=O)c1cc2cc(Br)c(OC)cc2s1.COc1cc2sc(C(=O)Cl)cc2cc1Br. The second-order valence-electron chi connectivity index (χ2n) is 7.27. The number of ketones is 1. The minimum absolute atomic E-state index is 0.0423. The zero-order valence-electron chi connectivity index (χ0n) is 19.5. The molecule has 36 heavy (non-hydrogen) atoms. The van der Waals surface area contributed by atoms with Crippen LogP contribution in [0.15, 0.2) is 45.3 Å². The van der Waals surface area contributed by atoms with Crippen LogP contribution >= 0.6 is 66.1 Å². The molecule has 2 aromatic heterocycles. The molecule has 2 aromatic carbocycles. The van der Waals surface area contributed by atoms with E-state index in [1.165, 1.54) is 22.7 Å². The molecular weight excluding hydrogens is 656 g/mol. The maximum Gasteiger partial charge on any atom is 0.306 e. The number of ether oxygens (including phenoxy) is 3. The van der Waals surface area contributed by atoms with E-state index >= 15 is 0 Å². The summed E-state index contributed by atoms with van der Waals surface area (Å²) >= 11 is 15.0. The second-order valence-corrected chi connectivity index (χ2v) is 11.5. The number of thiophene rings is 2. The number of halogens is 3. The Balaban J connectivity index is 0.000000212. The standard InChI is InChI=1S/C15H15BrO4S.C10H6BrClO2S/c1-3-20-15(18)5-4-11(17)14-7-9-6-10(16)12(19-2)8-13(9)21-14;1-14-7-4-8-5(2-6(7)11)3-9(15-8)10(12)13/h6-8H,3-5H2,1-2H3;2-4H,1H3. The predicted molar refractivity (Wildman–Crippen MR) is 153 cm³/mol. The number of methoxy groups -OCH3 is 2. The molecule has 0 amide bonds. The third-order valence-corrected chi connectivity index (χ3v) is 8.70. The lowest BCUT2D eigenvalue weighted by Crippen LogP contribution is -2.07. The molecule has 6 nitrogen and oxygen atoms in total. The molecule has 0 spiro atoms. The zero-order chi connectivity index (χ0) is 26.4. The van der Waals surface area contributed by atoms with E-state index in [0.29, 0.717) is 16.4 Å². The molecule has 0 radical (unpaired) electrons. The Morgan fingerprint density at radius 1 is 0.806 bits per heavy atom. The van der Waals surface area contributed by atoms with Gasteiger partial charge in [0.2, 0.25) is 0 Å². The molecule has 190 valence electrons. The van der Waals surface area contributed by atoms with Crippen molar-refractivity contribution in [2.24, 2.45) is 0 Å². The van der Waals surface area contributed by atoms with Gasteiger partial charge in [-0.3, -0.25) is 14.4 Å². The summed E-state index contributed by atoms with van der Waals surface area (Å²) in [6.07, 6.45) is 0.290. The Morgan fingerprint density at radius 3 is 1.78 bits per heavy atom. The van der Waals surface area contributed by atoms with Crippen LogP contribution in [0.3, 0.4) is 0 Å². The van der Waals surface area contributed by atoms with Crippen LogP contribution in [-0.2, 0) is 9.53 Å². The molecule has 0 atom stereocenters. The first-order valence-corrected chi connectivity index (χ1v) is 14.2. The van der Waals surface area contributed by atoms with Gasteiger partial charge in [-0.15, -0.1) is 22.7 Å². The van der Waals surface area contributed by atoms with E-state index in [9.17, 15) is 14.4 Å². The summed E-state index contributed by atoms with van der Waals surface area (Å²) < 4.78 is 18.9. The zero-order valence-corrected chi connectivity index (χ0v) is 25.0. The van der Waals surface area contributed by atoms with Crippen molar-refractivity contribution in [2.75, 3.05) is 20.8 Å². The fourth-order valence-corrected chi connectivity index (χ4v) is 6.36. The highest BCUT2D eigenvalue weighted by Crippen LogP contribution is 2.36. The predicted octanol–water partition coefficient (Wildman–Crippen LogP) is 8.25. The fourth-order valence-electron chi connectivity index (χ4n) is 3.20. The van der Waals surface area contributed by atoms with Crippen molar-refractivity contribution in [3.8, 4) is 11.5 Å². The van der Waals surface area contributed by atoms with Gasteiger partial charge in [0.05, 0.1) is 45.9 Å². The quantitative estimate of drug-likeness (QED) is 0.106. The molecular formula is C25H21Br2ClO6S2. The second kappa shape index (κ2) is 13.0. The summed E-state index contributed by atoms with van der Waals surface area (Å²) in [6.45, 7) is 2.08. The number of fused-ring (bicyclic) bond motifs is 2. The number of Topliss-reactive ketones (excluding diaryl/α,β-unsaturated/α-hetero) is 1. The van der Waals surface area contributed by atoms with Gasteiger partial charge >= 0.3 is 5.97 Å². The molecule has 0 aliphatic rings. The van der Waals surface area contributed by atoms with Crippen molar-refractivity contribution < 1.29 is 28.6 Å². The molecule has 0 unspecified atom stereocenters. The highest BCUT2D eigenvalue weighted by Gasteiger charge is 2.14. The number of carbonyl (C=O) groups excluding carboxylic acids is 3. The van der Waals surface area contributed by atoms with E-state index < -0.39 is 5.24 Å². The maximum absolute atomic E-state index is 12.1. The third-order valence-electron chi connectivity index (χ3n) is 4.91. The fraction of sp³-hybridized carbons (Fsp3) is 0.240. The number of hydrogen-bond donors (Lipinski definition) is 0. The maximum atomic E-state index is 12.1. The van der Waals surface area contributed by atoms with Gasteiger partial charge in [-0.25, -0.2) is 0 Å². The van der Waals surface area contributed by atoms with Crippen molar-refractivity contribution in [2.45, 2.75) is 19.8 Å². The van der Waals surface area contributed by atoms with E-state index in [2.05, 4.69) is 31.9 Å². The molecule has 11 heteroatoms. The number of hydrogen-bond acceptors (Lipinski definition) is 8. The van der Waals surface area contributed by atoms with Crippen molar-refractivity contribution in [1.29, 1.82) is 0 Å². The molecule has 2 heterocycles. The smallest absolute Gasteiger partial charge is 0.306 e. The van der Waals surface area contributed by atoms with Gasteiger partial charge in [0, 0.05) is 15.8 Å². The van der Waals surface area contributed by atoms with E-state index in [0.717, 1.165) is 40.6 Å². The average Bonchev–Trinajstić information content (AvgIpc) is 3.45. The van der Waals surface area contributed by atoms with Crippen LogP contribution in [0, 0.1) is 0 Å². The van der Waals surface area contributed by atoms with E-state index in [1.807, 2.05) is 30.3 Å². The lowest BCUT2D eigenvalue weighted by atomic mass is 10.1. The minimum Gasteiger partial charge on any atom is -0.496 e. The van der Waals surface area contributed by atoms with Crippen LogP contribution in [0.4, 0.5) is 0 Å². The summed E-state index contributed by atoms with van der Waals surface area (Å²) in [5.41, 5.74) is 0. The highest BCUT2D eigenvalue weighted by atomic mass is 79.9. The molecule has 0 N–H and O–H groups in total. The van der Waals surface area contributed by atoms with Crippen LogP contribution in [0.25, 0.3) is 20.2 Å². The lowest BCUT2D eigenvalue weighted by molar-refractivity contribution is -0.143. The van der Waals surface area contributed by atoms with Gasteiger partial charge in [0.15, 0.2) is 5.78 Å². The highest BCUT2D eigenvalue weighted by molar-refractivity contribution is 9.11. The first-order valence-electron chi connectivity index (χ1n) is 10.6. The van der Waals surface area contributed by atoms with Crippen LogP contribution in [0.5, 0.6) is 11.5 Å². The summed E-state index contributed by atoms with van der Waals surface area (Å²) in [4.78, 5) is 35.6. The summed E-state index contributed by atoms with van der Waals surface area (Å²) in [7, 11) is 3.21. The molecule has 0 aliphatic carbocycles. The third kappa shape index (κ3) is 7.07. The Kier molecular flexibility index (Phi) is 10.3. The topological polar surface area (TPSA) is 78.9 Å². The Morgan fingerprint density at radius 2 is 1.31 bits per heavy atom. The van der Waals surface area contributed by atoms with Gasteiger partial charge in [-0.2, -0.15) is 0 Å². The molecule has 4 rings (SSSR count). The number of rotatable bonds is 8. The van der Waals surface area contributed by atoms with Gasteiger partial charge in [-0.1, -0.05) is 0 Å². The lowest BCUT2D eigenvalue weighted by Gasteiger charge is -2.01. The molecule has 0 bridgehead atoms. The van der Waals surface area contributed by atoms with Gasteiger partial charge in [0.25, 0.3) is 5.24 Å². The largest absolute Gasteiger partial charge is 0.496 e. The van der Waals surface area contributed by atoms with Crippen LogP contribution in [0.2, 0.25) is 0 Å². The normalized spacial score (nSPS) is 10.6. The number of benzene rings is 2. The van der Waals surface area contributed by atoms with Crippen molar-refractivity contribution in [3.63, 3.8) is 0 Å². The minimum atomic E-state index is -0.425.